The summed E-state index contributed by atoms with van der Waals surface area (Å²) in [6, 6.07) is 9.24. The number of benzene rings is 1. The molecule has 2 atom stereocenters. The lowest BCUT2D eigenvalue weighted by Gasteiger charge is -2.22. The number of aromatic nitrogens is 2. The van der Waals surface area contributed by atoms with E-state index in [0.717, 1.165) is 48.7 Å². The Morgan fingerprint density at radius 1 is 1.12 bits per heavy atom. The summed E-state index contributed by atoms with van der Waals surface area (Å²) in [5.41, 5.74) is 2.55. The van der Waals surface area contributed by atoms with Crippen molar-refractivity contribution in [3.63, 3.8) is 0 Å². The molecule has 2 aromatic rings. The molecule has 34 heavy (non-hydrogen) atoms. The molecule has 2 heterocycles. The topological polar surface area (TPSA) is 133 Å². The summed E-state index contributed by atoms with van der Waals surface area (Å²) in [6.07, 6.45) is 2.84. The fourth-order valence-electron chi connectivity index (χ4n) is 3.99. The standard InChI is InChI=1S/C25H33N5O4/c1-16-14-20(29-23(27-16)19-10-12-26-13-11-19)8-9-22(31)30-21(15-18-6-4-3-5-7-18)24(32)28-17(2)25(33)34/h3-7,14,17,19,21,26H,8-13,15H2,1-2H3,(H,28,32)(H,30,31)(H,33,34)/t17-,21-/m0/s1. The van der Waals surface area contributed by atoms with Crippen molar-refractivity contribution in [3.8, 4) is 0 Å². The van der Waals surface area contributed by atoms with E-state index in [9.17, 15) is 14.4 Å². The van der Waals surface area contributed by atoms with E-state index in [1.54, 1.807) is 0 Å². The fraction of sp³-hybridized carbons (Fsp3) is 0.480. The van der Waals surface area contributed by atoms with E-state index in [2.05, 4.69) is 20.9 Å². The highest BCUT2D eigenvalue weighted by Gasteiger charge is 2.25. The summed E-state index contributed by atoms with van der Waals surface area (Å²) in [5, 5.41) is 17.7. The number of carboxylic acids is 1. The molecule has 0 saturated carbocycles. The summed E-state index contributed by atoms with van der Waals surface area (Å²) in [4.78, 5) is 45.9. The number of nitrogens with zero attached hydrogens (tertiary/aromatic N) is 2. The molecule has 0 spiro atoms. The maximum Gasteiger partial charge on any atom is 0.325 e. The van der Waals surface area contributed by atoms with Gasteiger partial charge in [-0.15, -0.1) is 0 Å². The summed E-state index contributed by atoms with van der Waals surface area (Å²) in [7, 11) is 0. The number of carboxylic acid groups (broad SMARTS) is 1. The molecule has 1 saturated heterocycles. The Morgan fingerprint density at radius 2 is 1.82 bits per heavy atom. The second kappa shape index (κ2) is 12.2. The third-order valence-corrected chi connectivity index (χ3v) is 5.90. The Balaban J connectivity index is 1.63. The van der Waals surface area contributed by atoms with Gasteiger partial charge in [-0.2, -0.15) is 0 Å². The molecule has 0 unspecified atom stereocenters. The molecule has 1 aliphatic heterocycles. The number of hydrogen-bond donors (Lipinski definition) is 4. The Bertz CT molecular complexity index is 992. The highest BCUT2D eigenvalue weighted by Crippen LogP contribution is 2.22. The second-order valence-corrected chi connectivity index (χ2v) is 8.76. The zero-order valence-corrected chi connectivity index (χ0v) is 19.7. The monoisotopic (exact) mass is 467 g/mol. The molecule has 182 valence electrons. The van der Waals surface area contributed by atoms with Gasteiger partial charge in [-0.1, -0.05) is 30.3 Å². The van der Waals surface area contributed by atoms with Crippen LogP contribution in [-0.4, -0.2) is 58.0 Å². The van der Waals surface area contributed by atoms with Gasteiger partial charge in [0.1, 0.15) is 17.9 Å². The number of hydrogen-bond acceptors (Lipinski definition) is 6. The molecular weight excluding hydrogens is 434 g/mol. The first-order valence-corrected chi connectivity index (χ1v) is 11.7. The number of aliphatic carboxylic acids is 1. The number of carbonyl (C=O) groups excluding carboxylic acids is 2. The van der Waals surface area contributed by atoms with Gasteiger partial charge in [0.05, 0.1) is 0 Å². The van der Waals surface area contributed by atoms with Gasteiger partial charge in [0, 0.05) is 30.1 Å². The SMILES string of the molecule is Cc1cc(CCC(=O)N[C@@H](Cc2ccccc2)C(=O)N[C@@H](C)C(=O)O)nc(C2CCNCC2)n1. The van der Waals surface area contributed by atoms with E-state index in [1.165, 1.54) is 6.92 Å². The lowest BCUT2D eigenvalue weighted by Crippen LogP contribution is -2.51. The first-order chi connectivity index (χ1) is 16.3. The summed E-state index contributed by atoms with van der Waals surface area (Å²) < 4.78 is 0. The van der Waals surface area contributed by atoms with Crippen molar-refractivity contribution >= 4 is 17.8 Å². The predicted molar refractivity (Wildman–Crippen MR) is 127 cm³/mol. The maximum atomic E-state index is 12.8. The number of carbonyl (C=O) groups is 3. The van der Waals surface area contributed by atoms with Crippen LogP contribution in [0.3, 0.4) is 0 Å². The molecule has 0 radical (unpaired) electrons. The number of rotatable bonds is 10. The zero-order chi connectivity index (χ0) is 24.5. The van der Waals surface area contributed by atoms with E-state index < -0.39 is 24.0 Å². The molecule has 1 aliphatic rings. The summed E-state index contributed by atoms with van der Waals surface area (Å²) in [5.74, 6) is -0.802. The number of aryl methyl sites for hydroxylation is 2. The molecule has 1 aromatic heterocycles. The number of piperidine rings is 1. The van der Waals surface area contributed by atoms with Crippen LogP contribution in [0.1, 0.15) is 54.9 Å². The molecular formula is C25H33N5O4. The third-order valence-electron chi connectivity index (χ3n) is 5.90. The first-order valence-electron chi connectivity index (χ1n) is 11.7. The summed E-state index contributed by atoms with van der Waals surface area (Å²) >= 11 is 0. The highest BCUT2D eigenvalue weighted by molar-refractivity contribution is 5.90. The molecule has 4 N–H and O–H groups in total. The van der Waals surface area contributed by atoms with E-state index in [1.807, 2.05) is 43.3 Å². The van der Waals surface area contributed by atoms with Crippen LogP contribution < -0.4 is 16.0 Å². The number of amides is 2. The van der Waals surface area contributed by atoms with Gasteiger partial charge in [0.25, 0.3) is 0 Å². The van der Waals surface area contributed by atoms with Gasteiger partial charge in [-0.05, 0) is 57.8 Å². The molecule has 2 amide bonds. The lowest BCUT2D eigenvalue weighted by atomic mass is 9.97. The van der Waals surface area contributed by atoms with Crippen molar-refractivity contribution < 1.29 is 19.5 Å². The normalized spacial score (nSPS) is 15.8. The molecule has 1 aromatic carbocycles. The van der Waals surface area contributed by atoms with Gasteiger partial charge >= 0.3 is 5.97 Å². The summed E-state index contributed by atoms with van der Waals surface area (Å²) in [6.45, 7) is 5.22. The van der Waals surface area contributed by atoms with E-state index in [-0.39, 0.29) is 18.7 Å². The average Bonchev–Trinajstić information content (AvgIpc) is 2.83. The zero-order valence-electron chi connectivity index (χ0n) is 19.7. The van der Waals surface area contributed by atoms with Crippen LogP contribution in [0.2, 0.25) is 0 Å². The van der Waals surface area contributed by atoms with Gasteiger partial charge in [0.15, 0.2) is 0 Å². The van der Waals surface area contributed by atoms with E-state index >= 15 is 0 Å². The van der Waals surface area contributed by atoms with Gasteiger partial charge in [-0.25, -0.2) is 9.97 Å². The minimum Gasteiger partial charge on any atom is -0.480 e. The van der Waals surface area contributed by atoms with E-state index in [4.69, 9.17) is 10.1 Å². The molecule has 0 bridgehead atoms. The van der Waals surface area contributed by atoms with Crippen LogP contribution in [0.4, 0.5) is 0 Å². The van der Waals surface area contributed by atoms with Gasteiger partial charge in [-0.3, -0.25) is 14.4 Å². The van der Waals surface area contributed by atoms with Crippen molar-refractivity contribution in [1.29, 1.82) is 0 Å². The van der Waals surface area contributed by atoms with Crippen LogP contribution in [0.5, 0.6) is 0 Å². The van der Waals surface area contributed by atoms with Crippen LogP contribution in [0, 0.1) is 6.92 Å². The third kappa shape index (κ3) is 7.62. The van der Waals surface area contributed by atoms with Crippen molar-refractivity contribution in [2.45, 2.75) is 64.0 Å². The molecule has 0 aliphatic carbocycles. The highest BCUT2D eigenvalue weighted by atomic mass is 16.4. The Hall–Kier alpha value is -3.33. The van der Waals surface area contributed by atoms with Crippen LogP contribution >= 0.6 is 0 Å². The molecule has 1 fully saturated rings. The van der Waals surface area contributed by atoms with E-state index in [0.29, 0.717) is 12.3 Å². The Kier molecular flexibility index (Phi) is 9.09. The number of nitrogens with one attached hydrogen (secondary N) is 3. The molecule has 9 nitrogen and oxygen atoms in total. The molecule has 3 rings (SSSR count). The van der Waals surface area contributed by atoms with Crippen molar-refractivity contribution in [1.82, 2.24) is 25.9 Å². The van der Waals surface area contributed by atoms with Gasteiger partial charge in [0.2, 0.25) is 11.8 Å². The average molecular weight is 468 g/mol. The second-order valence-electron chi connectivity index (χ2n) is 8.76. The van der Waals surface area contributed by atoms with Crippen molar-refractivity contribution in [2.75, 3.05) is 13.1 Å². The predicted octanol–water partition coefficient (Wildman–Crippen LogP) is 1.50. The molecule has 9 heteroatoms. The Labute approximate surface area is 199 Å². The van der Waals surface area contributed by atoms with Crippen LogP contribution in [0.15, 0.2) is 36.4 Å². The minimum atomic E-state index is -1.14. The lowest BCUT2D eigenvalue weighted by molar-refractivity contribution is -0.141. The van der Waals surface area contributed by atoms with Crippen molar-refractivity contribution in [3.05, 3.63) is 59.2 Å². The minimum absolute atomic E-state index is 0.162. The first kappa shape index (κ1) is 25.3. The van der Waals surface area contributed by atoms with Crippen LogP contribution in [0.25, 0.3) is 0 Å². The fourth-order valence-corrected chi connectivity index (χ4v) is 3.99. The largest absolute Gasteiger partial charge is 0.480 e. The van der Waals surface area contributed by atoms with Crippen molar-refractivity contribution in [2.24, 2.45) is 0 Å². The maximum absolute atomic E-state index is 12.8. The van der Waals surface area contributed by atoms with Crippen LogP contribution in [-0.2, 0) is 27.2 Å². The Morgan fingerprint density at radius 3 is 2.50 bits per heavy atom. The van der Waals surface area contributed by atoms with Gasteiger partial charge < -0.3 is 21.1 Å². The quantitative estimate of drug-likeness (QED) is 0.416. The smallest absolute Gasteiger partial charge is 0.325 e.